The predicted molar refractivity (Wildman–Crippen MR) is 122 cm³/mol. The molecule has 2 amide bonds. The van der Waals surface area contributed by atoms with E-state index in [2.05, 4.69) is 15.5 Å². The van der Waals surface area contributed by atoms with E-state index in [9.17, 15) is 9.59 Å². The zero-order valence-corrected chi connectivity index (χ0v) is 18.6. The summed E-state index contributed by atoms with van der Waals surface area (Å²) in [6.07, 6.45) is 2.41. The number of hydrogen-bond acceptors (Lipinski definition) is 3. The average molecular weight is 448 g/mol. The fourth-order valence-electron chi connectivity index (χ4n) is 3.61. The molecule has 1 fully saturated rings. The van der Waals surface area contributed by atoms with Gasteiger partial charge in [-0.2, -0.15) is 0 Å². The van der Waals surface area contributed by atoms with Gasteiger partial charge in [0.1, 0.15) is 0 Å². The summed E-state index contributed by atoms with van der Waals surface area (Å²) in [5.74, 6) is -0.258. The number of carbonyl (C=O) groups is 2. The quantitative estimate of drug-likeness (QED) is 0.628. The lowest BCUT2D eigenvalue weighted by Crippen LogP contribution is -2.38. The number of halogens is 2. The van der Waals surface area contributed by atoms with E-state index in [4.69, 9.17) is 23.2 Å². The predicted octanol–water partition coefficient (Wildman–Crippen LogP) is 4.98. The van der Waals surface area contributed by atoms with Crippen LogP contribution in [0.4, 0.5) is 5.69 Å². The van der Waals surface area contributed by atoms with Crippen LogP contribution in [0.15, 0.2) is 42.5 Å². The second-order valence-corrected chi connectivity index (χ2v) is 8.40. The number of hydrogen-bond donors (Lipinski definition) is 2. The second kappa shape index (κ2) is 10.8. The Balaban J connectivity index is 1.54. The van der Waals surface area contributed by atoms with E-state index in [0.29, 0.717) is 27.8 Å². The fraction of sp³-hybridized carbons (Fsp3) is 0.391. The van der Waals surface area contributed by atoms with Crippen LogP contribution in [-0.4, -0.2) is 36.3 Å². The molecule has 0 spiro atoms. The minimum absolute atomic E-state index is 0.0278. The van der Waals surface area contributed by atoms with Crippen LogP contribution in [0.2, 0.25) is 10.0 Å². The number of nitrogens with one attached hydrogen (secondary N) is 2. The summed E-state index contributed by atoms with van der Waals surface area (Å²) >= 11 is 12.1. The van der Waals surface area contributed by atoms with E-state index in [0.717, 1.165) is 44.5 Å². The topological polar surface area (TPSA) is 61.4 Å². The molecule has 0 unspecified atom stereocenters. The Hall–Kier alpha value is -2.08. The maximum Gasteiger partial charge on any atom is 0.253 e. The van der Waals surface area contributed by atoms with Crippen molar-refractivity contribution >= 4 is 40.7 Å². The van der Waals surface area contributed by atoms with Gasteiger partial charge < -0.3 is 10.6 Å². The van der Waals surface area contributed by atoms with Crippen molar-refractivity contribution in [3.8, 4) is 0 Å². The molecule has 0 radical (unpaired) electrons. The van der Waals surface area contributed by atoms with Crippen LogP contribution in [0.5, 0.6) is 0 Å². The van der Waals surface area contributed by atoms with E-state index < -0.39 is 0 Å². The highest BCUT2D eigenvalue weighted by molar-refractivity contribution is 6.42. The molecule has 2 aromatic carbocycles. The van der Waals surface area contributed by atoms with Crippen LogP contribution < -0.4 is 10.6 Å². The largest absolute Gasteiger partial charge is 0.352 e. The molecule has 2 N–H and O–H groups in total. The lowest BCUT2D eigenvalue weighted by Gasteiger charge is -2.31. The Morgan fingerprint density at radius 1 is 1.07 bits per heavy atom. The Morgan fingerprint density at radius 3 is 2.50 bits per heavy atom. The molecule has 1 saturated heterocycles. The van der Waals surface area contributed by atoms with E-state index >= 15 is 0 Å². The molecular formula is C23H27Cl2N3O2. The number of rotatable bonds is 7. The molecule has 0 bridgehead atoms. The van der Waals surface area contributed by atoms with Gasteiger partial charge in [0.25, 0.3) is 5.91 Å². The van der Waals surface area contributed by atoms with Gasteiger partial charge in [-0.3, -0.25) is 14.5 Å². The molecule has 0 aromatic heterocycles. The minimum atomic E-state index is -0.163. The van der Waals surface area contributed by atoms with Gasteiger partial charge in [-0.05, 0) is 62.2 Å². The maximum atomic E-state index is 12.8. The first-order chi connectivity index (χ1) is 14.5. The Bertz CT molecular complexity index is 896. The molecule has 2 aromatic rings. The third kappa shape index (κ3) is 5.97. The lowest BCUT2D eigenvalue weighted by molar-refractivity contribution is -0.121. The van der Waals surface area contributed by atoms with Crippen molar-refractivity contribution < 1.29 is 9.59 Å². The average Bonchev–Trinajstić information content (AvgIpc) is 2.75. The summed E-state index contributed by atoms with van der Waals surface area (Å²) in [6.45, 7) is 5.06. The van der Waals surface area contributed by atoms with Gasteiger partial charge >= 0.3 is 0 Å². The lowest BCUT2D eigenvalue weighted by atomic mass is 9.95. The van der Waals surface area contributed by atoms with Gasteiger partial charge in [-0.1, -0.05) is 48.3 Å². The molecule has 1 aliphatic rings. The first-order valence-corrected chi connectivity index (χ1v) is 11.1. The zero-order chi connectivity index (χ0) is 21.5. The van der Waals surface area contributed by atoms with Crippen molar-refractivity contribution in [2.45, 2.75) is 32.7 Å². The molecule has 7 heteroatoms. The SMILES string of the molecule is CCCNC(=O)c1ccccc1NC(=O)C1CCN(Cc2ccc(Cl)c(Cl)c2)CC1. The van der Waals surface area contributed by atoms with E-state index in [1.807, 2.05) is 31.2 Å². The van der Waals surface area contributed by atoms with Crippen LogP contribution in [0, 0.1) is 5.92 Å². The van der Waals surface area contributed by atoms with E-state index in [1.165, 1.54) is 0 Å². The third-order valence-electron chi connectivity index (χ3n) is 5.31. The van der Waals surface area contributed by atoms with E-state index in [-0.39, 0.29) is 17.7 Å². The monoisotopic (exact) mass is 447 g/mol. The van der Waals surface area contributed by atoms with Gasteiger partial charge in [0.2, 0.25) is 5.91 Å². The van der Waals surface area contributed by atoms with Crippen LogP contribution in [0.25, 0.3) is 0 Å². The number of para-hydroxylation sites is 1. The number of benzene rings is 2. The van der Waals surface area contributed by atoms with Gasteiger partial charge in [0.15, 0.2) is 0 Å². The molecule has 0 aliphatic carbocycles. The highest BCUT2D eigenvalue weighted by atomic mass is 35.5. The molecule has 1 heterocycles. The van der Waals surface area contributed by atoms with Crippen LogP contribution in [0.1, 0.15) is 42.1 Å². The number of anilines is 1. The van der Waals surface area contributed by atoms with Crippen LogP contribution >= 0.6 is 23.2 Å². The Morgan fingerprint density at radius 2 is 1.80 bits per heavy atom. The number of amides is 2. The molecule has 3 rings (SSSR count). The Labute approximate surface area is 187 Å². The minimum Gasteiger partial charge on any atom is -0.352 e. The van der Waals surface area contributed by atoms with Crippen molar-refractivity contribution in [1.29, 1.82) is 0 Å². The van der Waals surface area contributed by atoms with Gasteiger partial charge in [-0.25, -0.2) is 0 Å². The van der Waals surface area contributed by atoms with Crippen molar-refractivity contribution in [2.75, 3.05) is 25.0 Å². The number of nitrogens with zero attached hydrogens (tertiary/aromatic N) is 1. The Kier molecular flexibility index (Phi) is 8.14. The van der Waals surface area contributed by atoms with Crippen LogP contribution in [0.3, 0.4) is 0 Å². The summed E-state index contributed by atoms with van der Waals surface area (Å²) in [6, 6.07) is 12.8. The summed E-state index contributed by atoms with van der Waals surface area (Å²) < 4.78 is 0. The van der Waals surface area contributed by atoms with Crippen LogP contribution in [-0.2, 0) is 11.3 Å². The number of piperidine rings is 1. The molecule has 1 aliphatic heterocycles. The zero-order valence-electron chi connectivity index (χ0n) is 17.1. The summed E-state index contributed by atoms with van der Waals surface area (Å²) in [5.41, 5.74) is 2.17. The normalized spacial score (nSPS) is 15.0. The molecule has 0 atom stereocenters. The van der Waals surface area contributed by atoms with Crippen molar-refractivity contribution in [3.05, 3.63) is 63.6 Å². The smallest absolute Gasteiger partial charge is 0.253 e. The summed E-state index contributed by atoms with van der Waals surface area (Å²) in [7, 11) is 0. The van der Waals surface area contributed by atoms with Gasteiger partial charge in [-0.15, -0.1) is 0 Å². The standard InChI is InChI=1S/C23H27Cl2N3O2/c1-2-11-26-23(30)18-5-3-4-6-21(18)27-22(29)17-9-12-28(13-10-17)15-16-7-8-19(24)20(25)14-16/h3-8,14,17H,2,9-13,15H2,1H3,(H,26,30)(H,27,29). The summed E-state index contributed by atoms with van der Waals surface area (Å²) in [5, 5.41) is 6.94. The molecule has 30 heavy (non-hydrogen) atoms. The first-order valence-electron chi connectivity index (χ1n) is 10.3. The van der Waals surface area contributed by atoms with Gasteiger partial charge in [0.05, 0.1) is 21.3 Å². The second-order valence-electron chi connectivity index (χ2n) is 7.59. The fourth-order valence-corrected chi connectivity index (χ4v) is 3.93. The molecule has 5 nitrogen and oxygen atoms in total. The number of carbonyl (C=O) groups excluding carboxylic acids is 2. The highest BCUT2D eigenvalue weighted by Crippen LogP contribution is 2.26. The molecule has 160 valence electrons. The highest BCUT2D eigenvalue weighted by Gasteiger charge is 2.26. The van der Waals surface area contributed by atoms with Crippen molar-refractivity contribution in [3.63, 3.8) is 0 Å². The number of likely N-dealkylation sites (tertiary alicyclic amines) is 1. The van der Waals surface area contributed by atoms with Crippen molar-refractivity contribution in [2.24, 2.45) is 5.92 Å². The molecule has 0 saturated carbocycles. The first kappa shape index (κ1) is 22.6. The van der Waals surface area contributed by atoms with Gasteiger partial charge in [0, 0.05) is 19.0 Å². The third-order valence-corrected chi connectivity index (χ3v) is 6.05. The van der Waals surface area contributed by atoms with E-state index in [1.54, 1.807) is 18.2 Å². The summed E-state index contributed by atoms with van der Waals surface area (Å²) in [4.78, 5) is 27.5. The maximum absolute atomic E-state index is 12.8. The molecular weight excluding hydrogens is 421 g/mol. The van der Waals surface area contributed by atoms with Crippen molar-refractivity contribution in [1.82, 2.24) is 10.2 Å².